The molecule has 7 heteroatoms. The van der Waals surface area contributed by atoms with Gasteiger partial charge in [-0.3, -0.25) is 0 Å². The van der Waals surface area contributed by atoms with Gasteiger partial charge in [0, 0.05) is 13.1 Å². The number of alkyl halides is 3. The van der Waals surface area contributed by atoms with E-state index in [4.69, 9.17) is 16.3 Å². The van der Waals surface area contributed by atoms with Crippen molar-refractivity contribution < 1.29 is 18.0 Å². The summed E-state index contributed by atoms with van der Waals surface area (Å²) in [5, 5.41) is 0. The van der Waals surface area contributed by atoms with Crippen LogP contribution in [0.25, 0.3) is 0 Å². The fourth-order valence-electron chi connectivity index (χ4n) is 2.51. The van der Waals surface area contributed by atoms with E-state index in [1.165, 1.54) is 0 Å². The van der Waals surface area contributed by atoms with Crippen LogP contribution in [0.1, 0.15) is 49.1 Å². The molecule has 0 fully saturated rings. The Kier molecular flexibility index (Phi) is 9.94. The van der Waals surface area contributed by atoms with E-state index in [9.17, 15) is 13.2 Å². The van der Waals surface area contributed by atoms with Gasteiger partial charge < -0.3 is 16.3 Å². The highest BCUT2D eigenvalue weighted by molar-refractivity contribution is 5.27. The van der Waals surface area contributed by atoms with Crippen molar-refractivity contribution in [1.82, 2.24) is 5.48 Å². The fourth-order valence-corrected chi connectivity index (χ4v) is 2.51. The lowest BCUT2D eigenvalue weighted by atomic mass is 9.92. The minimum atomic E-state index is -4.31. The molecule has 1 aromatic carbocycles. The van der Waals surface area contributed by atoms with Crippen molar-refractivity contribution in [3.05, 3.63) is 35.4 Å². The van der Waals surface area contributed by atoms with Gasteiger partial charge in [0.1, 0.15) is 0 Å². The van der Waals surface area contributed by atoms with Crippen LogP contribution in [0.15, 0.2) is 24.3 Å². The summed E-state index contributed by atoms with van der Waals surface area (Å²) in [5.74, 6) is 0.0999. The van der Waals surface area contributed by atoms with Crippen molar-refractivity contribution in [2.24, 2.45) is 11.5 Å². The number of hydroxylamine groups is 1. The van der Waals surface area contributed by atoms with Crippen LogP contribution in [-0.4, -0.2) is 26.2 Å². The summed E-state index contributed by atoms with van der Waals surface area (Å²) in [6.45, 7) is 2.05. The van der Waals surface area contributed by atoms with Gasteiger partial charge in [0.15, 0.2) is 0 Å². The van der Waals surface area contributed by atoms with E-state index < -0.39 is 11.7 Å². The molecule has 24 heavy (non-hydrogen) atoms. The molecule has 0 heterocycles. The van der Waals surface area contributed by atoms with Crippen LogP contribution in [0, 0.1) is 0 Å². The predicted octanol–water partition coefficient (Wildman–Crippen LogP) is 3.18. The zero-order chi connectivity index (χ0) is 17.8. The Morgan fingerprint density at radius 3 is 2.21 bits per heavy atom. The molecule has 138 valence electrons. The van der Waals surface area contributed by atoms with Gasteiger partial charge in [0.25, 0.3) is 0 Å². The molecule has 0 aliphatic carbocycles. The van der Waals surface area contributed by atoms with E-state index in [0.717, 1.165) is 49.8 Å². The lowest BCUT2D eigenvalue weighted by Crippen LogP contribution is -2.25. The lowest BCUT2D eigenvalue weighted by Gasteiger charge is -2.19. The first kappa shape index (κ1) is 20.9. The van der Waals surface area contributed by atoms with Crippen LogP contribution in [0.5, 0.6) is 0 Å². The monoisotopic (exact) mass is 347 g/mol. The normalized spacial score (nSPS) is 13.2. The van der Waals surface area contributed by atoms with Gasteiger partial charge in [0.2, 0.25) is 0 Å². The van der Waals surface area contributed by atoms with Crippen molar-refractivity contribution in [1.29, 1.82) is 0 Å². The van der Waals surface area contributed by atoms with E-state index in [0.29, 0.717) is 26.2 Å². The first-order chi connectivity index (χ1) is 11.5. The maximum absolute atomic E-state index is 12.7. The summed E-state index contributed by atoms with van der Waals surface area (Å²) in [6, 6.07) is 5.38. The van der Waals surface area contributed by atoms with Crippen LogP contribution in [0.3, 0.4) is 0 Å². The number of hydrogen-bond acceptors (Lipinski definition) is 4. The quantitative estimate of drug-likeness (QED) is 0.401. The minimum absolute atomic E-state index is 0.0999. The first-order valence-electron chi connectivity index (χ1n) is 8.41. The Labute approximate surface area is 141 Å². The van der Waals surface area contributed by atoms with Gasteiger partial charge in [-0.2, -0.15) is 13.2 Å². The van der Waals surface area contributed by atoms with E-state index in [1.54, 1.807) is 12.1 Å². The summed E-state index contributed by atoms with van der Waals surface area (Å²) >= 11 is 0. The zero-order valence-electron chi connectivity index (χ0n) is 13.9. The van der Waals surface area contributed by atoms with Gasteiger partial charge >= 0.3 is 6.18 Å². The smallest absolute Gasteiger partial charge is 0.330 e. The molecule has 0 aliphatic rings. The second kappa shape index (κ2) is 11.4. The third-order valence-electron chi connectivity index (χ3n) is 3.87. The molecule has 0 bridgehead atoms. The Balaban J connectivity index is 2.61. The summed E-state index contributed by atoms with van der Waals surface area (Å²) in [5.41, 5.74) is 14.0. The van der Waals surface area contributed by atoms with Gasteiger partial charge in [0.05, 0.1) is 12.2 Å². The number of halogens is 3. The van der Waals surface area contributed by atoms with Gasteiger partial charge in [-0.15, -0.1) is 0 Å². The second-order valence-electron chi connectivity index (χ2n) is 5.79. The molecule has 0 spiro atoms. The van der Waals surface area contributed by atoms with Crippen LogP contribution < -0.4 is 16.9 Å². The Hall–Kier alpha value is -1.15. The van der Waals surface area contributed by atoms with Crippen LogP contribution in [0.2, 0.25) is 0 Å². The topological polar surface area (TPSA) is 73.3 Å². The zero-order valence-corrected chi connectivity index (χ0v) is 13.9. The average Bonchev–Trinajstić information content (AvgIpc) is 2.56. The van der Waals surface area contributed by atoms with Crippen molar-refractivity contribution in [2.75, 3.05) is 26.2 Å². The van der Waals surface area contributed by atoms with Crippen molar-refractivity contribution >= 4 is 0 Å². The van der Waals surface area contributed by atoms with Gasteiger partial charge in [-0.05, 0) is 43.0 Å². The third-order valence-corrected chi connectivity index (χ3v) is 3.87. The maximum atomic E-state index is 12.7. The van der Waals surface area contributed by atoms with E-state index in [2.05, 4.69) is 5.48 Å². The molecule has 0 aliphatic heterocycles. The molecule has 5 N–H and O–H groups in total. The number of nitrogens with one attached hydrogen (secondary N) is 1. The Morgan fingerprint density at radius 1 is 0.958 bits per heavy atom. The van der Waals surface area contributed by atoms with Crippen LogP contribution >= 0.6 is 0 Å². The average molecular weight is 347 g/mol. The van der Waals surface area contributed by atoms with Crippen molar-refractivity contribution in [3.63, 3.8) is 0 Å². The number of hydrogen-bond donors (Lipinski definition) is 3. The summed E-state index contributed by atoms with van der Waals surface area (Å²) in [4.78, 5) is 5.19. The summed E-state index contributed by atoms with van der Waals surface area (Å²) in [7, 11) is 0. The van der Waals surface area contributed by atoms with Crippen molar-refractivity contribution in [3.8, 4) is 0 Å². The predicted molar refractivity (Wildman–Crippen MR) is 89.3 cm³/mol. The molecular weight excluding hydrogens is 319 g/mol. The Bertz CT molecular complexity index is 438. The van der Waals surface area contributed by atoms with E-state index >= 15 is 0 Å². The molecular formula is C17H28F3N3O. The molecule has 0 aromatic heterocycles. The molecule has 0 radical (unpaired) electrons. The molecule has 1 atom stereocenters. The molecule has 1 aromatic rings. The molecule has 4 nitrogen and oxygen atoms in total. The number of unbranched alkanes of at least 4 members (excludes halogenated alkanes) is 3. The number of benzene rings is 1. The highest BCUT2D eigenvalue weighted by atomic mass is 19.4. The van der Waals surface area contributed by atoms with Gasteiger partial charge in [-0.25, -0.2) is 5.48 Å². The minimum Gasteiger partial charge on any atom is -0.330 e. The van der Waals surface area contributed by atoms with Gasteiger partial charge in [-0.1, -0.05) is 31.4 Å². The second-order valence-corrected chi connectivity index (χ2v) is 5.79. The molecule has 1 unspecified atom stereocenters. The van der Waals surface area contributed by atoms with Crippen molar-refractivity contribution in [2.45, 2.75) is 44.2 Å². The highest BCUT2D eigenvalue weighted by Gasteiger charge is 2.30. The standard InChI is InChI=1S/C17H28F3N3O/c18-17(19,20)16-8-6-14(7-9-16)15(13-23-24-12-11-22)5-3-1-2-4-10-21/h6-9,15,23H,1-5,10-13,21-22H2. The van der Waals surface area contributed by atoms with Crippen LogP contribution in [0.4, 0.5) is 13.2 Å². The van der Waals surface area contributed by atoms with Crippen LogP contribution in [-0.2, 0) is 11.0 Å². The number of rotatable bonds is 12. The van der Waals surface area contributed by atoms with E-state index in [1.807, 2.05) is 0 Å². The third kappa shape index (κ3) is 8.10. The molecule has 0 saturated carbocycles. The highest BCUT2D eigenvalue weighted by Crippen LogP contribution is 2.31. The number of nitrogens with two attached hydrogens (primary N) is 2. The molecule has 0 amide bonds. The maximum Gasteiger partial charge on any atom is 0.416 e. The summed E-state index contributed by atoms with van der Waals surface area (Å²) in [6.07, 6.45) is 0.728. The molecule has 0 saturated heterocycles. The van der Waals surface area contributed by atoms with E-state index in [-0.39, 0.29) is 5.92 Å². The lowest BCUT2D eigenvalue weighted by molar-refractivity contribution is -0.137. The SMILES string of the molecule is NCCCCCCC(CNOCCN)c1ccc(C(F)(F)F)cc1. The fraction of sp³-hybridized carbons (Fsp3) is 0.647. The first-order valence-corrected chi connectivity index (χ1v) is 8.41. The largest absolute Gasteiger partial charge is 0.416 e. The molecule has 1 rings (SSSR count). The summed E-state index contributed by atoms with van der Waals surface area (Å²) < 4.78 is 38.0. The Morgan fingerprint density at radius 2 is 1.62 bits per heavy atom.